The van der Waals surface area contributed by atoms with Gasteiger partial charge in [0.2, 0.25) is 0 Å². The molecule has 3 rings (SSSR count). The smallest absolute Gasteiger partial charge is 0.191 e. The van der Waals surface area contributed by atoms with E-state index in [1.165, 1.54) is 37.7 Å². The topological polar surface area (TPSA) is 85.6 Å². The molecule has 0 radical (unpaired) electrons. The van der Waals surface area contributed by atoms with Gasteiger partial charge >= 0.3 is 0 Å². The Morgan fingerprint density at radius 2 is 1.97 bits per heavy atom. The summed E-state index contributed by atoms with van der Waals surface area (Å²) in [5.74, 6) is 4.21. The standard InChI is InChI=1S/C24H38N6O2.HI/c1-5-32-22-16-19(13-14-21(22)31-4)10-9-15-25-24(27-20-11-7-6-8-12-20)26-17-23-29-28-18(2)30(23)3;/h13-14,16,20H,5-12,15,17H2,1-4H3,(H2,25,26,27);1H. The molecule has 0 atom stereocenters. The molecule has 33 heavy (non-hydrogen) atoms. The highest BCUT2D eigenvalue weighted by atomic mass is 127. The number of hydrogen-bond acceptors (Lipinski definition) is 5. The van der Waals surface area contributed by atoms with Gasteiger partial charge in [-0.25, -0.2) is 4.99 Å². The fourth-order valence-electron chi connectivity index (χ4n) is 3.98. The maximum absolute atomic E-state index is 5.70. The lowest BCUT2D eigenvalue weighted by Crippen LogP contribution is -2.44. The molecular weight excluding hydrogens is 531 g/mol. The predicted octanol–water partition coefficient (Wildman–Crippen LogP) is 4.15. The number of benzene rings is 1. The van der Waals surface area contributed by atoms with E-state index in [4.69, 9.17) is 14.5 Å². The van der Waals surface area contributed by atoms with Crippen molar-refractivity contribution in [1.29, 1.82) is 0 Å². The minimum atomic E-state index is 0. The molecule has 1 saturated carbocycles. The van der Waals surface area contributed by atoms with Crippen molar-refractivity contribution in [2.75, 3.05) is 20.3 Å². The highest BCUT2D eigenvalue weighted by Crippen LogP contribution is 2.28. The molecule has 0 aliphatic heterocycles. The van der Waals surface area contributed by atoms with Gasteiger partial charge in [0.25, 0.3) is 0 Å². The van der Waals surface area contributed by atoms with Crippen LogP contribution in [-0.4, -0.2) is 47.0 Å². The number of aromatic nitrogens is 3. The van der Waals surface area contributed by atoms with Crippen LogP contribution in [0.2, 0.25) is 0 Å². The van der Waals surface area contributed by atoms with Crippen molar-refractivity contribution >= 4 is 29.9 Å². The van der Waals surface area contributed by atoms with Gasteiger partial charge in [-0.3, -0.25) is 0 Å². The Morgan fingerprint density at radius 1 is 1.18 bits per heavy atom. The third kappa shape index (κ3) is 8.35. The molecule has 9 heteroatoms. The van der Waals surface area contributed by atoms with Crippen molar-refractivity contribution in [2.45, 2.75) is 71.4 Å². The highest BCUT2D eigenvalue weighted by Gasteiger charge is 2.15. The van der Waals surface area contributed by atoms with Gasteiger partial charge in [-0.1, -0.05) is 25.3 Å². The fraction of sp³-hybridized carbons (Fsp3) is 0.625. The summed E-state index contributed by atoms with van der Waals surface area (Å²) in [6, 6.07) is 6.65. The van der Waals surface area contributed by atoms with E-state index in [-0.39, 0.29) is 24.0 Å². The van der Waals surface area contributed by atoms with E-state index >= 15 is 0 Å². The maximum Gasteiger partial charge on any atom is 0.191 e. The summed E-state index contributed by atoms with van der Waals surface area (Å²) < 4.78 is 13.1. The first-order valence-corrected chi connectivity index (χ1v) is 11.8. The van der Waals surface area contributed by atoms with Crippen LogP contribution in [0.15, 0.2) is 23.2 Å². The van der Waals surface area contributed by atoms with Crippen LogP contribution in [0.1, 0.15) is 62.7 Å². The zero-order chi connectivity index (χ0) is 22.8. The van der Waals surface area contributed by atoms with Crippen LogP contribution in [0.4, 0.5) is 0 Å². The Kier molecular flexibility index (Phi) is 11.8. The van der Waals surface area contributed by atoms with E-state index in [1.54, 1.807) is 7.11 Å². The molecule has 1 aliphatic carbocycles. The number of nitrogens with one attached hydrogen (secondary N) is 2. The number of hydrogen-bond donors (Lipinski definition) is 2. The number of halogens is 1. The Hall–Kier alpha value is -2.04. The molecule has 1 heterocycles. The predicted molar refractivity (Wildman–Crippen MR) is 143 cm³/mol. The number of ether oxygens (including phenoxy) is 2. The summed E-state index contributed by atoms with van der Waals surface area (Å²) in [5, 5.41) is 15.5. The first-order valence-electron chi connectivity index (χ1n) is 11.8. The summed E-state index contributed by atoms with van der Waals surface area (Å²) in [5.41, 5.74) is 1.24. The lowest BCUT2D eigenvalue weighted by atomic mass is 9.96. The largest absolute Gasteiger partial charge is 0.493 e. The number of nitrogens with zero attached hydrogens (tertiary/aromatic N) is 4. The molecule has 0 saturated heterocycles. The molecule has 2 N–H and O–H groups in total. The van der Waals surface area contributed by atoms with Crippen LogP contribution in [0.3, 0.4) is 0 Å². The third-order valence-electron chi connectivity index (χ3n) is 5.97. The van der Waals surface area contributed by atoms with Gasteiger partial charge in [-0.15, -0.1) is 34.2 Å². The first-order chi connectivity index (χ1) is 15.6. The lowest BCUT2D eigenvalue weighted by Gasteiger charge is -2.25. The van der Waals surface area contributed by atoms with Crippen molar-refractivity contribution in [1.82, 2.24) is 25.4 Å². The summed E-state index contributed by atoms with van der Waals surface area (Å²) >= 11 is 0. The zero-order valence-electron chi connectivity index (χ0n) is 20.4. The van der Waals surface area contributed by atoms with Gasteiger partial charge in [0.1, 0.15) is 12.4 Å². The van der Waals surface area contributed by atoms with Gasteiger partial charge in [-0.05, 0) is 57.2 Å². The Labute approximate surface area is 215 Å². The van der Waals surface area contributed by atoms with Crippen molar-refractivity contribution in [2.24, 2.45) is 12.0 Å². The summed E-state index contributed by atoms with van der Waals surface area (Å²) in [6.45, 7) is 5.91. The first kappa shape index (κ1) is 27.2. The second-order valence-corrected chi connectivity index (χ2v) is 8.32. The highest BCUT2D eigenvalue weighted by molar-refractivity contribution is 14.0. The zero-order valence-corrected chi connectivity index (χ0v) is 22.7. The number of aryl methyl sites for hydroxylation is 2. The van der Waals surface area contributed by atoms with Gasteiger partial charge in [0, 0.05) is 19.6 Å². The number of methoxy groups -OCH3 is 1. The van der Waals surface area contributed by atoms with Gasteiger partial charge in [0.15, 0.2) is 23.3 Å². The van der Waals surface area contributed by atoms with Crippen molar-refractivity contribution in [3.05, 3.63) is 35.4 Å². The van der Waals surface area contributed by atoms with Crippen LogP contribution in [-0.2, 0) is 20.0 Å². The third-order valence-corrected chi connectivity index (χ3v) is 5.97. The van der Waals surface area contributed by atoms with Crippen LogP contribution in [0.25, 0.3) is 0 Å². The molecule has 8 nitrogen and oxygen atoms in total. The summed E-state index contributed by atoms with van der Waals surface area (Å²) in [4.78, 5) is 4.80. The summed E-state index contributed by atoms with van der Waals surface area (Å²) in [6.07, 6.45) is 8.26. The van der Waals surface area contributed by atoms with E-state index in [1.807, 2.05) is 31.5 Å². The van der Waals surface area contributed by atoms with E-state index in [0.717, 1.165) is 48.5 Å². The minimum absolute atomic E-state index is 0. The average Bonchev–Trinajstić information content (AvgIpc) is 3.13. The molecule has 1 fully saturated rings. The Bertz CT molecular complexity index is 880. The van der Waals surface area contributed by atoms with Crippen molar-refractivity contribution < 1.29 is 9.47 Å². The SMILES string of the molecule is CCOc1cc(CCCNC(=NCc2nnc(C)n2C)NC2CCCCC2)ccc1OC.I. The molecule has 0 spiro atoms. The molecule has 1 aromatic carbocycles. The second-order valence-electron chi connectivity index (χ2n) is 8.32. The molecule has 0 bridgehead atoms. The molecule has 0 unspecified atom stereocenters. The molecule has 184 valence electrons. The van der Waals surface area contributed by atoms with E-state index < -0.39 is 0 Å². The quantitative estimate of drug-likeness (QED) is 0.193. The van der Waals surface area contributed by atoms with Gasteiger partial charge in [-0.2, -0.15) is 0 Å². The monoisotopic (exact) mass is 570 g/mol. The molecule has 1 aliphatic rings. The number of rotatable bonds is 10. The minimum Gasteiger partial charge on any atom is -0.493 e. The van der Waals surface area contributed by atoms with Crippen LogP contribution in [0, 0.1) is 6.92 Å². The fourth-order valence-corrected chi connectivity index (χ4v) is 3.98. The molecular formula is C24H39IN6O2. The van der Waals surface area contributed by atoms with Gasteiger partial charge in [0.05, 0.1) is 13.7 Å². The van der Waals surface area contributed by atoms with E-state index in [0.29, 0.717) is 19.2 Å². The average molecular weight is 571 g/mol. The van der Waals surface area contributed by atoms with Crippen LogP contribution < -0.4 is 20.1 Å². The van der Waals surface area contributed by atoms with Gasteiger partial charge < -0.3 is 24.7 Å². The van der Waals surface area contributed by atoms with Crippen molar-refractivity contribution in [3.63, 3.8) is 0 Å². The molecule has 1 aromatic heterocycles. The second kappa shape index (κ2) is 14.3. The Balaban J connectivity index is 0.00000385. The molecule has 2 aromatic rings. The maximum atomic E-state index is 5.70. The van der Waals surface area contributed by atoms with E-state index in [2.05, 4.69) is 33.0 Å². The Morgan fingerprint density at radius 3 is 2.64 bits per heavy atom. The van der Waals surface area contributed by atoms with Crippen LogP contribution in [0.5, 0.6) is 11.5 Å². The lowest BCUT2D eigenvalue weighted by molar-refractivity contribution is 0.310. The number of guanidine groups is 1. The summed E-state index contributed by atoms with van der Waals surface area (Å²) in [7, 11) is 3.65. The normalized spacial score (nSPS) is 14.5. The van der Waals surface area contributed by atoms with Crippen molar-refractivity contribution in [3.8, 4) is 11.5 Å². The molecule has 0 amide bonds. The van der Waals surface area contributed by atoms with Crippen LogP contribution >= 0.6 is 24.0 Å². The van der Waals surface area contributed by atoms with E-state index in [9.17, 15) is 0 Å². The number of aliphatic imine (C=N–C) groups is 1.